The highest BCUT2D eigenvalue weighted by Gasteiger charge is 2.01. The van der Waals surface area contributed by atoms with Gasteiger partial charge in [0.25, 0.3) is 0 Å². The first-order chi connectivity index (χ1) is 6.83. The van der Waals surface area contributed by atoms with Crippen LogP contribution in [0.1, 0.15) is 11.1 Å². The highest BCUT2D eigenvalue weighted by atomic mass is 16.5. The third-order valence-electron chi connectivity index (χ3n) is 1.74. The largest absolute Gasteiger partial charge is 0.496 e. The minimum absolute atomic E-state index is 0.836. The number of hydrogen-bond donors (Lipinski definition) is 0. The van der Waals surface area contributed by atoms with Crippen LogP contribution in [0.2, 0.25) is 0 Å². The number of ether oxygens (including phenoxy) is 1. The van der Waals surface area contributed by atoms with Crippen LogP contribution in [0.25, 0.3) is 12.2 Å². The van der Waals surface area contributed by atoms with Crippen molar-refractivity contribution in [2.45, 2.75) is 0 Å². The Bertz CT molecular complexity index is 313. The lowest BCUT2D eigenvalue weighted by molar-refractivity contribution is 0.414. The summed E-state index contributed by atoms with van der Waals surface area (Å²) < 4.78 is 5.16. The van der Waals surface area contributed by atoms with Crippen LogP contribution in [0.4, 0.5) is 0 Å². The molecule has 74 valence electrons. The van der Waals surface area contributed by atoms with Gasteiger partial charge in [0, 0.05) is 5.56 Å². The molecule has 0 aliphatic rings. The lowest BCUT2D eigenvalue weighted by Crippen LogP contribution is -1.88. The van der Waals surface area contributed by atoms with Gasteiger partial charge in [0.2, 0.25) is 0 Å². The van der Waals surface area contributed by atoms with Crippen molar-refractivity contribution < 1.29 is 4.74 Å². The minimum atomic E-state index is 0.836. The fourth-order valence-electron chi connectivity index (χ4n) is 1.14. The fraction of sp³-hybridized carbons (Fsp3) is 0.0769. The summed E-state index contributed by atoms with van der Waals surface area (Å²) in [7, 11) is 1.65. The Hall–Kier alpha value is -1.76. The van der Waals surface area contributed by atoms with Crippen molar-refractivity contribution in [1.82, 2.24) is 0 Å². The maximum absolute atomic E-state index is 5.16. The zero-order valence-corrected chi connectivity index (χ0v) is 8.62. The van der Waals surface area contributed by atoms with E-state index >= 15 is 0 Å². The summed E-state index contributed by atoms with van der Waals surface area (Å²) >= 11 is 0. The second-order valence-corrected chi connectivity index (χ2v) is 2.37. The molecule has 1 rings (SSSR count). The van der Waals surface area contributed by atoms with E-state index in [4.69, 9.17) is 4.74 Å². The van der Waals surface area contributed by atoms with Gasteiger partial charge in [-0.1, -0.05) is 37.4 Å². The summed E-state index contributed by atoms with van der Waals surface area (Å²) in [5, 5.41) is 0. The van der Waals surface area contributed by atoms with E-state index in [1.807, 2.05) is 18.2 Å². The van der Waals surface area contributed by atoms with Gasteiger partial charge in [0.15, 0.2) is 0 Å². The van der Waals surface area contributed by atoms with Gasteiger partial charge in [-0.2, -0.15) is 0 Å². The molecule has 0 aliphatic carbocycles. The predicted octanol–water partition coefficient (Wildman–Crippen LogP) is 3.78. The Morgan fingerprint density at radius 1 is 1.14 bits per heavy atom. The molecule has 0 radical (unpaired) electrons. The van der Waals surface area contributed by atoms with E-state index in [0.717, 1.165) is 16.9 Å². The Morgan fingerprint density at radius 3 is 2.21 bits per heavy atom. The van der Waals surface area contributed by atoms with Gasteiger partial charge in [-0.25, -0.2) is 0 Å². The highest BCUT2D eigenvalue weighted by molar-refractivity contribution is 5.68. The van der Waals surface area contributed by atoms with Crippen LogP contribution in [0.5, 0.6) is 5.75 Å². The normalized spacial score (nSPS) is 8.07. The number of methoxy groups -OCH3 is 1. The minimum Gasteiger partial charge on any atom is -0.496 e. The molecule has 1 nitrogen and oxygen atoms in total. The molecule has 0 saturated carbocycles. The quantitative estimate of drug-likeness (QED) is 0.656. The van der Waals surface area contributed by atoms with Crippen LogP contribution >= 0.6 is 0 Å². The van der Waals surface area contributed by atoms with Gasteiger partial charge in [-0.15, -0.1) is 13.2 Å². The molecule has 0 fully saturated rings. The van der Waals surface area contributed by atoms with Crippen molar-refractivity contribution in [1.29, 1.82) is 0 Å². The third-order valence-corrected chi connectivity index (χ3v) is 1.74. The van der Waals surface area contributed by atoms with E-state index in [-0.39, 0.29) is 0 Å². The zero-order chi connectivity index (χ0) is 11.0. The average Bonchev–Trinajstić information content (AvgIpc) is 2.30. The summed E-state index contributed by atoms with van der Waals surface area (Å²) in [5.41, 5.74) is 2.04. The van der Waals surface area contributed by atoms with E-state index < -0.39 is 0 Å². The van der Waals surface area contributed by atoms with Gasteiger partial charge >= 0.3 is 0 Å². The van der Waals surface area contributed by atoms with E-state index in [1.54, 1.807) is 19.3 Å². The van der Waals surface area contributed by atoms with Crippen LogP contribution in [0.15, 0.2) is 44.5 Å². The van der Waals surface area contributed by atoms with E-state index in [2.05, 4.69) is 26.3 Å². The van der Waals surface area contributed by atoms with Gasteiger partial charge in [-0.05, 0) is 11.6 Å². The molecule has 0 spiro atoms. The molecule has 0 aliphatic heterocycles. The Kier molecular flexibility index (Phi) is 5.88. The predicted molar refractivity (Wildman–Crippen MR) is 64.4 cm³/mol. The third kappa shape index (κ3) is 2.63. The topological polar surface area (TPSA) is 9.23 Å². The molecule has 0 heterocycles. The Balaban J connectivity index is 0.000000791. The lowest BCUT2D eigenvalue weighted by Gasteiger charge is -2.06. The van der Waals surface area contributed by atoms with E-state index in [9.17, 15) is 0 Å². The highest BCUT2D eigenvalue weighted by Crippen LogP contribution is 2.23. The second kappa shape index (κ2) is 6.72. The Morgan fingerprint density at radius 2 is 1.79 bits per heavy atom. The average molecular weight is 188 g/mol. The van der Waals surface area contributed by atoms with Gasteiger partial charge in [0.1, 0.15) is 5.75 Å². The van der Waals surface area contributed by atoms with Crippen molar-refractivity contribution in [3.8, 4) is 5.75 Å². The maximum atomic E-state index is 5.16. The monoisotopic (exact) mass is 188 g/mol. The summed E-state index contributed by atoms with van der Waals surface area (Å²) in [4.78, 5) is 0. The summed E-state index contributed by atoms with van der Waals surface area (Å²) in [5.74, 6) is 0.836. The Labute approximate surface area is 86.0 Å². The molecule has 0 aromatic heterocycles. The summed E-state index contributed by atoms with van der Waals surface area (Å²) in [6.07, 6.45) is 3.56. The molecule has 14 heavy (non-hydrogen) atoms. The standard InChI is InChI=1S/C11H12O.C2H4/c1-4-9-7-6-8-11(12-3)10(9)5-2;1-2/h4-8H,1-2H2,3H3;1-2H2. The second-order valence-electron chi connectivity index (χ2n) is 2.37. The van der Waals surface area contributed by atoms with Crippen LogP contribution in [-0.4, -0.2) is 7.11 Å². The molecule has 1 heteroatoms. The molecule has 1 aromatic rings. The molecule has 1 aromatic carbocycles. The number of hydrogen-bond acceptors (Lipinski definition) is 1. The van der Waals surface area contributed by atoms with Gasteiger partial charge < -0.3 is 4.74 Å². The number of rotatable bonds is 3. The van der Waals surface area contributed by atoms with Gasteiger partial charge in [-0.3, -0.25) is 0 Å². The smallest absolute Gasteiger partial charge is 0.126 e. The van der Waals surface area contributed by atoms with Crippen molar-refractivity contribution >= 4 is 12.2 Å². The SMILES string of the molecule is C=C.C=Cc1cccc(OC)c1C=C. The molecule has 0 bridgehead atoms. The molecular formula is C13H16O. The molecule has 0 unspecified atom stereocenters. The summed E-state index contributed by atoms with van der Waals surface area (Å²) in [6, 6.07) is 5.82. The van der Waals surface area contributed by atoms with Crippen LogP contribution in [0, 0.1) is 0 Å². The van der Waals surface area contributed by atoms with Crippen LogP contribution < -0.4 is 4.74 Å². The maximum Gasteiger partial charge on any atom is 0.126 e. The van der Waals surface area contributed by atoms with Gasteiger partial charge in [0.05, 0.1) is 7.11 Å². The molecular weight excluding hydrogens is 172 g/mol. The molecule has 0 atom stereocenters. The zero-order valence-electron chi connectivity index (χ0n) is 8.62. The number of benzene rings is 1. The van der Waals surface area contributed by atoms with Crippen LogP contribution in [-0.2, 0) is 0 Å². The first-order valence-electron chi connectivity index (χ1n) is 4.25. The van der Waals surface area contributed by atoms with Crippen molar-refractivity contribution in [3.63, 3.8) is 0 Å². The molecule has 0 saturated heterocycles. The van der Waals surface area contributed by atoms with Crippen molar-refractivity contribution in [3.05, 3.63) is 55.6 Å². The van der Waals surface area contributed by atoms with E-state index in [0.29, 0.717) is 0 Å². The lowest BCUT2D eigenvalue weighted by atomic mass is 10.1. The fourth-order valence-corrected chi connectivity index (χ4v) is 1.14. The summed E-state index contributed by atoms with van der Waals surface area (Å²) in [6.45, 7) is 13.4. The first-order valence-corrected chi connectivity index (χ1v) is 4.25. The molecule has 0 amide bonds. The van der Waals surface area contributed by atoms with Crippen molar-refractivity contribution in [2.24, 2.45) is 0 Å². The first kappa shape index (κ1) is 12.2. The van der Waals surface area contributed by atoms with Crippen LogP contribution in [0.3, 0.4) is 0 Å². The molecule has 0 N–H and O–H groups in total. The van der Waals surface area contributed by atoms with E-state index in [1.165, 1.54) is 0 Å². The van der Waals surface area contributed by atoms with Crippen molar-refractivity contribution in [2.75, 3.05) is 7.11 Å².